The summed E-state index contributed by atoms with van der Waals surface area (Å²) in [6.07, 6.45) is 1.39. The molecule has 24 heavy (non-hydrogen) atoms. The normalized spacial score (nSPS) is 22.1. The topological polar surface area (TPSA) is 68.7 Å². The Kier molecular flexibility index (Phi) is 3.91. The SMILES string of the molecule is COc1ccc(C)cc1[C@]1(C(=O)O)C[C@@H]1c1cc(F)cnc1OC. The fourth-order valence-electron chi connectivity index (χ4n) is 3.32. The molecule has 126 valence electrons. The third kappa shape index (κ3) is 2.38. The predicted molar refractivity (Wildman–Crippen MR) is 85.1 cm³/mol. The van der Waals surface area contributed by atoms with Crippen molar-refractivity contribution in [1.82, 2.24) is 4.98 Å². The molecule has 2 atom stereocenters. The van der Waals surface area contributed by atoms with Gasteiger partial charge in [0, 0.05) is 17.0 Å². The zero-order chi connectivity index (χ0) is 17.5. The Morgan fingerprint density at radius 1 is 1.33 bits per heavy atom. The highest BCUT2D eigenvalue weighted by Crippen LogP contribution is 2.63. The third-order valence-electron chi connectivity index (χ3n) is 4.59. The van der Waals surface area contributed by atoms with Crippen molar-refractivity contribution in [3.05, 3.63) is 53.0 Å². The number of rotatable bonds is 5. The Labute approximate surface area is 139 Å². The van der Waals surface area contributed by atoms with Crippen LogP contribution in [0.15, 0.2) is 30.5 Å². The lowest BCUT2D eigenvalue weighted by Gasteiger charge is -2.18. The van der Waals surface area contributed by atoms with Crippen LogP contribution in [0, 0.1) is 12.7 Å². The van der Waals surface area contributed by atoms with E-state index in [1.54, 1.807) is 6.07 Å². The van der Waals surface area contributed by atoms with Crippen molar-refractivity contribution in [1.29, 1.82) is 0 Å². The maximum Gasteiger partial charge on any atom is 0.314 e. The first-order valence-corrected chi connectivity index (χ1v) is 7.52. The summed E-state index contributed by atoms with van der Waals surface area (Å²) in [6, 6.07) is 6.72. The van der Waals surface area contributed by atoms with Gasteiger partial charge in [0.15, 0.2) is 0 Å². The van der Waals surface area contributed by atoms with Crippen LogP contribution in [-0.2, 0) is 10.2 Å². The van der Waals surface area contributed by atoms with Gasteiger partial charge in [0.25, 0.3) is 0 Å². The van der Waals surface area contributed by atoms with Gasteiger partial charge in [0.05, 0.1) is 20.4 Å². The highest BCUT2D eigenvalue weighted by molar-refractivity contribution is 5.89. The van der Waals surface area contributed by atoms with Crippen LogP contribution in [-0.4, -0.2) is 30.3 Å². The van der Waals surface area contributed by atoms with E-state index < -0.39 is 23.1 Å². The summed E-state index contributed by atoms with van der Waals surface area (Å²) in [7, 11) is 2.94. The van der Waals surface area contributed by atoms with E-state index in [9.17, 15) is 14.3 Å². The molecule has 1 aliphatic rings. The van der Waals surface area contributed by atoms with Gasteiger partial charge in [-0.05, 0) is 25.5 Å². The quantitative estimate of drug-likeness (QED) is 0.912. The maximum absolute atomic E-state index is 13.6. The zero-order valence-electron chi connectivity index (χ0n) is 13.7. The summed E-state index contributed by atoms with van der Waals surface area (Å²) < 4.78 is 24.2. The van der Waals surface area contributed by atoms with Gasteiger partial charge in [-0.1, -0.05) is 17.7 Å². The van der Waals surface area contributed by atoms with Crippen molar-refractivity contribution in [2.24, 2.45) is 0 Å². The number of aromatic nitrogens is 1. The lowest BCUT2D eigenvalue weighted by Crippen LogP contribution is -2.23. The molecular formula is C18H18FNO4. The summed E-state index contributed by atoms with van der Waals surface area (Å²) in [4.78, 5) is 16.0. The Morgan fingerprint density at radius 3 is 2.71 bits per heavy atom. The van der Waals surface area contributed by atoms with E-state index in [0.29, 0.717) is 23.3 Å². The second kappa shape index (κ2) is 5.78. The number of nitrogens with zero attached hydrogens (tertiary/aromatic N) is 1. The molecule has 1 N–H and O–H groups in total. The smallest absolute Gasteiger partial charge is 0.314 e. The van der Waals surface area contributed by atoms with Crippen molar-refractivity contribution in [3.8, 4) is 11.6 Å². The molecule has 1 aromatic heterocycles. The molecule has 6 heteroatoms. The molecule has 5 nitrogen and oxygen atoms in total. The van der Waals surface area contributed by atoms with Gasteiger partial charge in [-0.3, -0.25) is 4.79 Å². The van der Waals surface area contributed by atoms with Crippen molar-refractivity contribution in [2.75, 3.05) is 14.2 Å². The molecule has 0 aliphatic heterocycles. The number of aliphatic carboxylic acids is 1. The molecule has 0 saturated heterocycles. The van der Waals surface area contributed by atoms with Crippen LogP contribution in [0.2, 0.25) is 0 Å². The van der Waals surface area contributed by atoms with Crippen LogP contribution in [0.1, 0.15) is 29.0 Å². The van der Waals surface area contributed by atoms with Crippen LogP contribution in [0.25, 0.3) is 0 Å². The Hall–Kier alpha value is -2.63. The minimum Gasteiger partial charge on any atom is -0.496 e. The Balaban J connectivity index is 2.14. The van der Waals surface area contributed by atoms with E-state index in [0.717, 1.165) is 11.8 Å². The highest BCUT2D eigenvalue weighted by Gasteiger charge is 2.64. The Bertz CT molecular complexity index is 808. The van der Waals surface area contributed by atoms with Crippen molar-refractivity contribution >= 4 is 5.97 Å². The van der Waals surface area contributed by atoms with Crippen molar-refractivity contribution in [2.45, 2.75) is 24.7 Å². The van der Waals surface area contributed by atoms with Crippen LogP contribution in [0.5, 0.6) is 11.6 Å². The van der Waals surface area contributed by atoms with Gasteiger partial charge in [0.2, 0.25) is 5.88 Å². The van der Waals surface area contributed by atoms with E-state index in [1.807, 2.05) is 19.1 Å². The number of aryl methyl sites for hydroxylation is 1. The monoisotopic (exact) mass is 331 g/mol. The number of carboxylic acid groups (broad SMARTS) is 1. The molecule has 0 amide bonds. The first-order chi connectivity index (χ1) is 11.4. The molecule has 0 bridgehead atoms. The minimum absolute atomic E-state index is 0.246. The summed E-state index contributed by atoms with van der Waals surface area (Å²) in [6.45, 7) is 1.89. The number of methoxy groups -OCH3 is 2. The van der Waals surface area contributed by atoms with Crippen LogP contribution < -0.4 is 9.47 Å². The van der Waals surface area contributed by atoms with Gasteiger partial charge in [-0.2, -0.15) is 0 Å². The molecule has 3 rings (SSSR count). The minimum atomic E-state index is -1.17. The number of halogens is 1. The molecule has 1 aliphatic carbocycles. The Morgan fingerprint density at radius 2 is 2.08 bits per heavy atom. The van der Waals surface area contributed by atoms with Gasteiger partial charge in [0.1, 0.15) is 17.0 Å². The fourth-order valence-corrected chi connectivity index (χ4v) is 3.32. The van der Waals surface area contributed by atoms with Gasteiger partial charge >= 0.3 is 5.97 Å². The lowest BCUT2D eigenvalue weighted by molar-refractivity contribution is -0.140. The number of benzene rings is 1. The number of hydrogen-bond donors (Lipinski definition) is 1. The molecule has 0 radical (unpaired) electrons. The van der Waals surface area contributed by atoms with Crippen LogP contribution in [0.4, 0.5) is 4.39 Å². The second-order valence-electron chi connectivity index (χ2n) is 5.99. The van der Waals surface area contributed by atoms with E-state index in [-0.39, 0.29) is 5.88 Å². The summed E-state index contributed by atoms with van der Waals surface area (Å²) in [5.74, 6) is -1.16. The average molecular weight is 331 g/mol. The largest absolute Gasteiger partial charge is 0.496 e. The lowest BCUT2D eigenvalue weighted by atomic mass is 9.89. The molecule has 1 heterocycles. The molecule has 0 unspecified atom stereocenters. The van der Waals surface area contributed by atoms with E-state index in [1.165, 1.54) is 20.3 Å². The first kappa shape index (κ1) is 16.2. The highest BCUT2D eigenvalue weighted by atomic mass is 19.1. The maximum atomic E-state index is 13.6. The number of ether oxygens (including phenoxy) is 2. The molecule has 1 fully saturated rings. The summed E-state index contributed by atoms with van der Waals surface area (Å²) in [5, 5.41) is 9.92. The van der Waals surface area contributed by atoms with Crippen LogP contribution >= 0.6 is 0 Å². The fraction of sp³-hybridized carbons (Fsp3) is 0.333. The molecular weight excluding hydrogens is 313 g/mol. The third-order valence-corrected chi connectivity index (χ3v) is 4.59. The van der Waals surface area contributed by atoms with E-state index >= 15 is 0 Å². The average Bonchev–Trinajstić information content (AvgIpc) is 3.31. The molecule has 0 spiro atoms. The first-order valence-electron chi connectivity index (χ1n) is 7.52. The van der Waals surface area contributed by atoms with Gasteiger partial charge in [-0.25, -0.2) is 9.37 Å². The van der Waals surface area contributed by atoms with Gasteiger partial charge < -0.3 is 14.6 Å². The number of carbonyl (C=O) groups is 1. The molecule has 1 aromatic carbocycles. The molecule has 1 saturated carbocycles. The van der Waals surface area contributed by atoms with E-state index in [4.69, 9.17) is 9.47 Å². The van der Waals surface area contributed by atoms with Crippen molar-refractivity contribution < 1.29 is 23.8 Å². The van der Waals surface area contributed by atoms with Crippen molar-refractivity contribution in [3.63, 3.8) is 0 Å². The summed E-state index contributed by atoms with van der Waals surface area (Å²) in [5.41, 5.74) is 0.818. The van der Waals surface area contributed by atoms with Gasteiger partial charge in [-0.15, -0.1) is 0 Å². The standard InChI is InChI=1S/C18H18FNO4/c1-10-4-5-15(23-2)13(6-10)18(17(21)22)8-14(18)12-7-11(19)9-20-16(12)24-3/h4-7,9,14H,8H2,1-3H3,(H,21,22)/t14-,18-/m1/s1. The second-order valence-corrected chi connectivity index (χ2v) is 5.99. The van der Waals surface area contributed by atoms with Crippen LogP contribution in [0.3, 0.4) is 0 Å². The van der Waals surface area contributed by atoms with E-state index in [2.05, 4.69) is 4.98 Å². The predicted octanol–water partition coefficient (Wildman–Crippen LogP) is 3.06. The number of hydrogen-bond acceptors (Lipinski definition) is 4. The zero-order valence-corrected chi connectivity index (χ0v) is 13.7. The number of pyridine rings is 1. The molecule has 2 aromatic rings. The summed E-state index contributed by atoms with van der Waals surface area (Å²) >= 11 is 0. The number of carboxylic acids is 1.